The molecule has 0 fully saturated rings. The van der Waals surface area contributed by atoms with Crippen LogP contribution in [0.1, 0.15) is 30.8 Å². The monoisotopic (exact) mass is 271 g/mol. The normalized spacial score (nSPS) is 10.8. The van der Waals surface area contributed by atoms with E-state index in [1.165, 1.54) is 0 Å². The van der Waals surface area contributed by atoms with E-state index < -0.39 is 0 Å². The molecule has 1 amide bonds. The van der Waals surface area contributed by atoms with Crippen molar-refractivity contribution in [3.05, 3.63) is 47.5 Å². The van der Waals surface area contributed by atoms with Crippen molar-refractivity contribution in [3.8, 4) is 5.69 Å². The van der Waals surface area contributed by atoms with Crippen LogP contribution in [0.2, 0.25) is 0 Å². The first-order chi connectivity index (χ1) is 9.49. The molecular weight excluding hydrogens is 250 g/mol. The first-order valence-corrected chi connectivity index (χ1v) is 6.86. The highest BCUT2D eigenvalue weighted by Crippen LogP contribution is 2.14. The van der Waals surface area contributed by atoms with E-state index in [0.717, 1.165) is 22.6 Å². The molecule has 2 rings (SSSR count). The third-order valence-electron chi connectivity index (χ3n) is 3.46. The number of rotatable bonds is 4. The molecule has 20 heavy (non-hydrogen) atoms. The number of hydrogen-bond acceptors (Lipinski definition) is 2. The van der Waals surface area contributed by atoms with Crippen LogP contribution in [-0.2, 0) is 11.3 Å². The van der Waals surface area contributed by atoms with Crippen LogP contribution in [0.25, 0.3) is 5.69 Å². The van der Waals surface area contributed by atoms with Crippen LogP contribution in [0.15, 0.2) is 30.6 Å². The fraction of sp³-hybridized carbons (Fsp3) is 0.375. The lowest BCUT2D eigenvalue weighted by Crippen LogP contribution is -2.27. The highest BCUT2D eigenvalue weighted by atomic mass is 16.1. The maximum atomic E-state index is 11.5. The molecule has 0 unspecified atom stereocenters. The smallest absolute Gasteiger partial charge is 0.222 e. The third-order valence-corrected chi connectivity index (χ3v) is 3.46. The molecule has 0 spiro atoms. The maximum absolute atomic E-state index is 11.5. The predicted octanol–water partition coefficient (Wildman–Crippen LogP) is 2.76. The van der Waals surface area contributed by atoms with Gasteiger partial charge in [-0.25, -0.2) is 4.98 Å². The number of carbonyl (C=O) groups is 1. The Bertz CT molecular complexity index is 597. The molecular formula is C16H21N3O. The zero-order chi connectivity index (χ0) is 14.7. The lowest BCUT2D eigenvalue weighted by Gasteiger charge is -2.09. The molecule has 1 aromatic heterocycles. The Morgan fingerprint density at radius 1 is 1.25 bits per heavy atom. The van der Waals surface area contributed by atoms with Crippen molar-refractivity contribution in [3.63, 3.8) is 0 Å². The van der Waals surface area contributed by atoms with Crippen molar-refractivity contribution in [1.29, 1.82) is 0 Å². The second kappa shape index (κ2) is 5.90. The van der Waals surface area contributed by atoms with Gasteiger partial charge in [-0.2, -0.15) is 0 Å². The van der Waals surface area contributed by atoms with Crippen LogP contribution in [0, 0.1) is 19.8 Å². The molecule has 0 saturated carbocycles. The minimum Gasteiger partial charge on any atom is -0.352 e. The Labute approximate surface area is 119 Å². The highest BCUT2D eigenvalue weighted by molar-refractivity contribution is 5.77. The van der Waals surface area contributed by atoms with E-state index in [4.69, 9.17) is 0 Å². The molecule has 0 saturated heterocycles. The molecule has 106 valence electrons. The predicted molar refractivity (Wildman–Crippen MR) is 79.7 cm³/mol. The summed E-state index contributed by atoms with van der Waals surface area (Å²) in [6, 6.07) is 8.16. The van der Waals surface area contributed by atoms with Crippen molar-refractivity contribution >= 4 is 5.91 Å². The van der Waals surface area contributed by atoms with E-state index in [0.29, 0.717) is 6.54 Å². The van der Waals surface area contributed by atoms with Gasteiger partial charge in [0.1, 0.15) is 0 Å². The lowest BCUT2D eigenvalue weighted by molar-refractivity contribution is -0.124. The first-order valence-electron chi connectivity index (χ1n) is 6.86. The van der Waals surface area contributed by atoms with Crippen LogP contribution in [0.4, 0.5) is 0 Å². The first kappa shape index (κ1) is 14.3. The molecule has 4 nitrogen and oxygen atoms in total. The molecule has 1 heterocycles. The number of nitrogens with one attached hydrogen (secondary N) is 1. The van der Waals surface area contributed by atoms with Gasteiger partial charge in [0, 0.05) is 23.8 Å². The Kier molecular flexibility index (Phi) is 4.23. The van der Waals surface area contributed by atoms with E-state index in [-0.39, 0.29) is 11.8 Å². The minimum absolute atomic E-state index is 0.0193. The summed E-state index contributed by atoms with van der Waals surface area (Å²) in [5.41, 5.74) is 4.36. The van der Waals surface area contributed by atoms with Crippen LogP contribution >= 0.6 is 0 Å². The summed E-state index contributed by atoms with van der Waals surface area (Å²) in [5, 5.41) is 2.92. The molecule has 0 aliphatic heterocycles. The van der Waals surface area contributed by atoms with Gasteiger partial charge in [-0.15, -0.1) is 0 Å². The molecule has 0 bridgehead atoms. The van der Waals surface area contributed by atoms with Crippen molar-refractivity contribution < 1.29 is 4.79 Å². The maximum Gasteiger partial charge on any atom is 0.222 e. The van der Waals surface area contributed by atoms with E-state index >= 15 is 0 Å². The van der Waals surface area contributed by atoms with Gasteiger partial charge in [0.15, 0.2) is 0 Å². The standard InChI is InChI=1S/C16H21N3O/c1-11(2)16(20)17-9-14-5-7-15(8-6-14)19-10-18-12(3)13(19)4/h5-8,10-11H,9H2,1-4H3,(H,17,20). The van der Waals surface area contributed by atoms with Gasteiger partial charge in [0.05, 0.1) is 12.0 Å². The molecule has 4 heteroatoms. The zero-order valence-electron chi connectivity index (χ0n) is 12.5. The third kappa shape index (κ3) is 3.07. The summed E-state index contributed by atoms with van der Waals surface area (Å²) < 4.78 is 2.06. The fourth-order valence-corrected chi connectivity index (χ4v) is 1.93. The average molecular weight is 271 g/mol. The number of benzene rings is 1. The van der Waals surface area contributed by atoms with Crippen molar-refractivity contribution in [2.75, 3.05) is 0 Å². The van der Waals surface area contributed by atoms with E-state index in [1.807, 2.05) is 51.4 Å². The van der Waals surface area contributed by atoms with Crippen LogP contribution in [0.5, 0.6) is 0 Å². The van der Waals surface area contributed by atoms with Gasteiger partial charge in [-0.05, 0) is 31.5 Å². The zero-order valence-corrected chi connectivity index (χ0v) is 12.5. The number of imidazole rings is 1. The number of aryl methyl sites for hydroxylation is 1. The number of nitrogens with zero attached hydrogens (tertiary/aromatic N) is 2. The molecule has 0 radical (unpaired) electrons. The summed E-state index contributed by atoms with van der Waals surface area (Å²) in [4.78, 5) is 15.8. The molecule has 2 aromatic rings. The summed E-state index contributed by atoms with van der Waals surface area (Å²) in [5.74, 6) is 0.0982. The van der Waals surface area contributed by atoms with Crippen molar-refractivity contribution in [2.24, 2.45) is 5.92 Å². The Morgan fingerprint density at radius 3 is 2.40 bits per heavy atom. The van der Waals surface area contributed by atoms with E-state index in [1.54, 1.807) is 0 Å². The summed E-state index contributed by atoms with van der Waals surface area (Å²) in [6.45, 7) is 8.41. The molecule has 0 aliphatic rings. The summed E-state index contributed by atoms with van der Waals surface area (Å²) in [6.07, 6.45) is 1.83. The summed E-state index contributed by atoms with van der Waals surface area (Å²) in [7, 11) is 0. The highest BCUT2D eigenvalue weighted by Gasteiger charge is 2.07. The van der Waals surface area contributed by atoms with Crippen LogP contribution < -0.4 is 5.32 Å². The Hall–Kier alpha value is -2.10. The number of carbonyl (C=O) groups excluding carboxylic acids is 1. The van der Waals surface area contributed by atoms with Crippen LogP contribution in [-0.4, -0.2) is 15.5 Å². The van der Waals surface area contributed by atoms with Gasteiger partial charge in [0.25, 0.3) is 0 Å². The molecule has 0 atom stereocenters. The molecule has 1 N–H and O–H groups in total. The fourth-order valence-electron chi connectivity index (χ4n) is 1.93. The quantitative estimate of drug-likeness (QED) is 0.929. The molecule has 1 aromatic carbocycles. The minimum atomic E-state index is 0.0193. The van der Waals surface area contributed by atoms with Gasteiger partial charge in [-0.3, -0.25) is 4.79 Å². The van der Waals surface area contributed by atoms with Crippen molar-refractivity contribution in [2.45, 2.75) is 34.2 Å². The van der Waals surface area contributed by atoms with Crippen LogP contribution in [0.3, 0.4) is 0 Å². The number of aromatic nitrogens is 2. The van der Waals surface area contributed by atoms with E-state index in [9.17, 15) is 4.79 Å². The van der Waals surface area contributed by atoms with Gasteiger partial charge in [0.2, 0.25) is 5.91 Å². The summed E-state index contributed by atoms with van der Waals surface area (Å²) >= 11 is 0. The van der Waals surface area contributed by atoms with Gasteiger partial charge in [-0.1, -0.05) is 26.0 Å². The Balaban J connectivity index is 2.07. The van der Waals surface area contributed by atoms with Gasteiger partial charge < -0.3 is 9.88 Å². The van der Waals surface area contributed by atoms with Gasteiger partial charge >= 0.3 is 0 Å². The SMILES string of the molecule is Cc1ncn(-c2ccc(CNC(=O)C(C)C)cc2)c1C. The lowest BCUT2D eigenvalue weighted by atomic mass is 10.1. The second-order valence-electron chi connectivity index (χ2n) is 5.32. The van der Waals surface area contributed by atoms with E-state index in [2.05, 4.69) is 21.8 Å². The second-order valence-corrected chi connectivity index (χ2v) is 5.32. The van der Waals surface area contributed by atoms with Crippen molar-refractivity contribution in [1.82, 2.24) is 14.9 Å². The molecule has 0 aliphatic carbocycles. The Morgan fingerprint density at radius 2 is 1.90 bits per heavy atom. The number of amides is 1. The largest absolute Gasteiger partial charge is 0.352 e. The number of hydrogen-bond donors (Lipinski definition) is 1. The topological polar surface area (TPSA) is 46.9 Å². The average Bonchev–Trinajstić information content (AvgIpc) is 2.77.